The van der Waals surface area contributed by atoms with Gasteiger partial charge in [-0.2, -0.15) is 9.36 Å². The molecule has 0 aliphatic rings. The number of anilines is 1. The summed E-state index contributed by atoms with van der Waals surface area (Å²) in [6.45, 7) is -0.642. The van der Waals surface area contributed by atoms with E-state index in [9.17, 15) is 23.5 Å². The van der Waals surface area contributed by atoms with Gasteiger partial charge in [-0.15, -0.1) is 0 Å². The molecule has 11 heteroatoms. The summed E-state index contributed by atoms with van der Waals surface area (Å²) in [5.41, 5.74) is -0.761. The molecule has 3 rings (SSSR count). The van der Waals surface area contributed by atoms with Crippen LogP contribution in [-0.2, 0) is 6.54 Å². The van der Waals surface area contributed by atoms with Crippen molar-refractivity contribution in [3.05, 3.63) is 63.3 Å². The zero-order chi connectivity index (χ0) is 20.3. The number of rotatable bonds is 6. The van der Waals surface area contributed by atoms with E-state index in [1.807, 2.05) is 0 Å². The van der Waals surface area contributed by atoms with Gasteiger partial charge in [0.2, 0.25) is 0 Å². The van der Waals surface area contributed by atoms with Gasteiger partial charge in [-0.25, -0.2) is 9.18 Å². The van der Waals surface area contributed by atoms with Crippen LogP contribution < -0.4 is 11.0 Å². The SMILES string of the molecule is O=C(Nc1cc(-n2nnn(CCCF)c2=O)c(F)cc1Cl)c1ccc(O)cc1. The third kappa shape index (κ3) is 4.01. The van der Waals surface area contributed by atoms with Crippen LogP contribution in [0.25, 0.3) is 5.69 Å². The highest BCUT2D eigenvalue weighted by atomic mass is 35.5. The van der Waals surface area contributed by atoms with Gasteiger partial charge >= 0.3 is 5.69 Å². The molecule has 2 N–H and O–H groups in total. The van der Waals surface area contributed by atoms with Crippen LogP contribution in [0.1, 0.15) is 16.8 Å². The Morgan fingerprint density at radius 1 is 1.21 bits per heavy atom. The Hall–Kier alpha value is -3.27. The van der Waals surface area contributed by atoms with Crippen LogP contribution in [0, 0.1) is 5.82 Å². The number of carbonyl (C=O) groups is 1. The number of alkyl halides is 1. The van der Waals surface area contributed by atoms with E-state index in [0.717, 1.165) is 16.8 Å². The summed E-state index contributed by atoms with van der Waals surface area (Å²) in [7, 11) is 0. The quantitative estimate of drug-likeness (QED) is 0.651. The average Bonchev–Trinajstić information content (AvgIpc) is 3.03. The Labute approximate surface area is 162 Å². The first kappa shape index (κ1) is 19.5. The minimum absolute atomic E-state index is 0.00497. The van der Waals surface area contributed by atoms with Crippen molar-refractivity contribution in [2.45, 2.75) is 13.0 Å². The van der Waals surface area contributed by atoms with Gasteiger partial charge in [0.1, 0.15) is 11.4 Å². The maximum Gasteiger partial charge on any atom is 0.368 e. The summed E-state index contributed by atoms with van der Waals surface area (Å²) in [5, 5.41) is 18.9. The van der Waals surface area contributed by atoms with Crippen molar-refractivity contribution in [3.63, 3.8) is 0 Å². The molecule has 8 nitrogen and oxygen atoms in total. The molecular formula is C17H14ClF2N5O3. The Bertz CT molecular complexity index is 1070. The van der Waals surface area contributed by atoms with Gasteiger partial charge in [-0.05, 0) is 53.2 Å². The van der Waals surface area contributed by atoms with E-state index < -0.39 is 24.1 Å². The maximum atomic E-state index is 14.3. The normalized spacial score (nSPS) is 10.8. The zero-order valence-electron chi connectivity index (χ0n) is 14.3. The number of hydrogen-bond donors (Lipinski definition) is 2. The fraction of sp³-hybridized carbons (Fsp3) is 0.176. The lowest BCUT2D eigenvalue weighted by molar-refractivity contribution is 0.102. The molecule has 1 amide bonds. The second-order valence-electron chi connectivity index (χ2n) is 5.72. The van der Waals surface area contributed by atoms with Gasteiger partial charge in [-0.3, -0.25) is 9.18 Å². The Balaban J connectivity index is 1.93. The first-order chi connectivity index (χ1) is 13.4. The van der Waals surface area contributed by atoms with Crippen LogP contribution in [0.2, 0.25) is 5.02 Å². The Morgan fingerprint density at radius 2 is 1.93 bits per heavy atom. The largest absolute Gasteiger partial charge is 0.508 e. The molecule has 0 aliphatic carbocycles. The lowest BCUT2D eigenvalue weighted by Crippen LogP contribution is -2.25. The highest BCUT2D eigenvalue weighted by molar-refractivity contribution is 6.34. The third-order valence-electron chi connectivity index (χ3n) is 3.79. The van der Waals surface area contributed by atoms with Gasteiger partial charge < -0.3 is 10.4 Å². The number of benzene rings is 2. The molecule has 1 aromatic heterocycles. The molecule has 2 aromatic carbocycles. The molecular weight excluding hydrogens is 396 g/mol. The Morgan fingerprint density at radius 3 is 2.61 bits per heavy atom. The molecule has 146 valence electrons. The van der Waals surface area contributed by atoms with Gasteiger partial charge in [0.05, 0.1) is 23.9 Å². The van der Waals surface area contributed by atoms with Crippen LogP contribution in [0.4, 0.5) is 14.5 Å². The number of phenolic OH excluding ortho intramolecular Hbond substituents is 1. The minimum Gasteiger partial charge on any atom is -0.508 e. The van der Waals surface area contributed by atoms with Crippen molar-refractivity contribution < 1.29 is 18.7 Å². The molecule has 0 aliphatic heterocycles. The van der Waals surface area contributed by atoms with E-state index in [0.29, 0.717) is 4.68 Å². The van der Waals surface area contributed by atoms with Crippen molar-refractivity contribution in [2.24, 2.45) is 0 Å². The summed E-state index contributed by atoms with van der Waals surface area (Å²) < 4.78 is 28.2. The fourth-order valence-electron chi connectivity index (χ4n) is 2.38. The van der Waals surface area contributed by atoms with E-state index in [2.05, 4.69) is 15.7 Å². The highest BCUT2D eigenvalue weighted by Gasteiger charge is 2.17. The number of hydrogen-bond acceptors (Lipinski definition) is 5. The number of aromatic nitrogens is 4. The van der Waals surface area contributed by atoms with E-state index in [-0.39, 0.29) is 40.7 Å². The van der Waals surface area contributed by atoms with Crippen LogP contribution in [-0.4, -0.2) is 37.5 Å². The molecule has 0 spiro atoms. The van der Waals surface area contributed by atoms with Crippen LogP contribution in [0.15, 0.2) is 41.2 Å². The first-order valence-electron chi connectivity index (χ1n) is 8.09. The molecule has 0 saturated heterocycles. The molecule has 1 heterocycles. The van der Waals surface area contributed by atoms with Crippen LogP contribution in [0.5, 0.6) is 5.75 Å². The highest BCUT2D eigenvalue weighted by Crippen LogP contribution is 2.27. The number of nitrogens with one attached hydrogen (secondary N) is 1. The van der Waals surface area contributed by atoms with Crippen molar-refractivity contribution in [1.82, 2.24) is 19.8 Å². The van der Waals surface area contributed by atoms with Gasteiger partial charge in [0.25, 0.3) is 5.91 Å². The number of amides is 1. The fourth-order valence-corrected chi connectivity index (χ4v) is 2.58. The van der Waals surface area contributed by atoms with Gasteiger partial charge in [0, 0.05) is 5.56 Å². The molecule has 3 aromatic rings. The molecule has 0 fully saturated rings. The lowest BCUT2D eigenvalue weighted by Gasteiger charge is -2.10. The standard InChI is InChI=1S/C17H14ClF2N5O3/c18-12-8-13(20)15(25-17(28)24(22-23-25)7-1-6-19)9-14(12)21-16(27)10-2-4-11(26)5-3-10/h2-5,8-9,26H,1,6-7H2,(H,21,27). The van der Waals surface area contributed by atoms with Crippen LogP contribution in [0.3, 0.4) is 0 Å². The summed E-state index contributed by atoms with van der Waals surface area (Å²) >= 11 is 5.99. The molecule has 0 radical (unpaired) electrons. The number of aryl methyl sites for hydroxylation is 1. The number of nitrogens with zero attached hydrogens (tertiary/aromatic N) is 4. The molecule has 0 unspecified atom stereocenters. The zero-order valence-corrected chi connectivity index (χ0v) is 15.0. The van der Waals surface area contributed by atoms with E-state index >= 15 is 0 Å². The second-order valence-corrected chi connectivity index (χ2v) is 6.13. The monoisotopic (exact) mass is 409 g/mol. The van der Waals surface area contributed by atoms with Gasteiger partial charge in [-0.1, -0.05) is 11.6 Å². The lowest BCUT2D eigenvalue weighted by atomic mass is 10.2. The predicted molar refractivity (Wildman–Crippen MR) is 97.2 cm³/mol. The molecule has 28 heavy (non-hydrogen) atoms. The summed E-state index contributed by atoms with van der Waals surface area (Å²) in [5.74, 6) is -1.42. The van der Waals surface area contributed by atoms with Crippen molar-refractivity contribution in [3.8, 4) is 11.4 Å². The van der Waals surface area contributed by atoms with Crippen molar-refractivity contribution in [1.29, 1.82) is 0 Å². The summed E-state index contributed by atoms with van der Waals surface area (Å²) in [6, 6.07) is 7.53. The molecule has 0 bridgehead atoms. The number of halogens is 3. The van der Waals surface area contributed by atoms with Gasteiger partial charge in [0.15, 0.2) is 5.82 Å². The Kier molecular flexibility index (Phi) is 5.69. The third-order valence-corrected chi connectivity index (χ3v) is 4.10. The first-order valence-corrected chi connectivity index (χ1v) is 8.47. The number of tetrazole rings is 1. The maximum absolute atomic E-state index is 14.3. The summed E-state index contributed by atoms with van der Waals surface area (Å²) in [6.07, 6.45) is 0.0651. The van der Waals surface area contributed by atoms with Crippen molar-refractivity contribution >= 4 is 23.2 Å². The van der Waals surface area contributed by atoms with E-state index in [4.69, 9.17) is 11.6 Å². The smallest absolute Gasteiger partial charge is 0.368 e. The number of phenols is 1. The predicted octanol–water partition coefficient (Wildman–Crippen LogP) is 2.54. The topological polar surface area (TPSA) is 102 Å². The van der Waals surface area contributed by atoms with Crippen molar-refractivity contribution in [2.75, 3.05) is 12.0 Å². The summed E-state index contributed by atoms with van der Waals surface area (Å²) in [4.78, 5) is 24.6. The molecule has 0 atom stereocenters. The number of aromatic hydroxyl groups is 1. The van der Waals surface area contributed by atoms with Crippen LogP contribution >= 0.6 is 11.6 Å². The second kappa shape index (κ2) is 8.17. The molecule has 0 saturated carbocycles. The van der Waals surface area contributed by atoms with E-state index in [1.54, 1.807) is 0 Å². The number of carbonyl (C=O) groups excluding carboxylic acids is 1. The minimum atomic E-state index is -0.854. The van der Waals surface area contributed by atoms with E-state index in [1.165, 1.54) is 24.3 Å². The average molecular weight is 410 g/mol.